The number of benzene rings is 2. The van der Waals surface area contributed by atoms with Gasteiger partial charge in [0.25, 0.3) is 5.91 Å². The average molecular weight is 400 g/mol. The Balaban J connectivity index is 0.00000225. The highest BCUT2D eigenvalue weighted by molar-refractivity contribution is 5.97. The lowest BCUT2D eigenvalue weighted by Gasteiger charge is -2.25. The maximum atomic E-state index is 13.0. The standard InChI is InChI=1S/C22H25N3O2.ClH/c26-21(19-8-4-14-23-19)24-18-12-10-17(11-13-18)22(27)25-15-5-9-20(25)16-6-2-1-3-7-16;/h1-3,6-7,10-13,19-20,23H,4-5,8-9,14-15H2,(H,24,26);1H. The third kappa shape index (κ3) is 4.37. The molecule has 2 amide bonds. The maximum Gasteiger partial charge on any atom is 0.254 e. The zero-order valence-electron chi connectivity index (χ0n) is 15.8. The summed E-state index contributed by atoms with van der Waals surface area (Å²) in [5.74, 6) is 0.0481. The first-order valence-corrected chi connectivity index (χ1v) is 9.72. The van der Waals surface area contributed by atoms with E-state index in [9.17, 15) is 9.59 Å². The zero-order valence-corrected chi connectivity index (χ0v) is 16.6. The third-order valence-corrected chi connectivity index (χ3v) is 5.47. The van der Waals surface area contributed by atoms with Crippen molar-refractivity contribution < 1.29 is 9.59 Å². The molecule has 2 saturated heterocycles. The number of likely N-dealkylation sites (tertiary alicyclic amines) is 1. The molecular weight excluding hydrogens is 374 g/mol. The van der Waals surface area contributed by atoms with Crippen LogP contribution in [0.4, 0.5) is 5.69 Å². The van der Waals surface area contributed by atoms with Gasteiger partial charge in [-0.1, -0.05) is 30.3 Å². The molecule has 2 aliphatic rings. The number of nitrogens with one attached hydrogen (secondary N) is 2. The Labute approximate surface area is 171 Å². The number of hydrogen-bond donors (Lipinski definition) is 2. The maximum absolute atomic E-state index is 13.0. The molecule has 2 aromatic carbocycles. The molecule has 2 fully saturated rings. The molecule has 5 nitrogen and oxygen atoms in total. The first-order valence-electron chi connectivity index (χ1n) is 9.72. The van der Waals surface area contributed by atoms with Crippen molar-refractivity contribution in [3.05, 3.63) is 65.7 Å². The van der Waals surface area contributed by atoms with Crippen molar-refractivity contribution in [2.45, 2.75) is 37.8 Å². The number of nitrogens with zero attached hydrogens (tertiary/aromatic N) is 1. The van der Waals surface area contributed by atoms with Gasteiger partial charge in [0.05, 0.1) is 12.1 Å². The van der Waals surface area contributed by atoms with Crippen molar-refractivity contribution in [2.24, 2.45) is 0 Å². The third-order valence-electron chi connectivity index (χ3n) is 5.47. The van der Waals surface area contributed by atoms with Crippen molar-refractivity contribution in [2.75, 3.05) is 18.4 Å². The lowest BCUT2D eigenvalue weighted by Crippen LogP contribution is -2.35. The van der Waals surface area contributed by atoms with Crippen LogP contribution < -0.4 is 10.6 Å². The second kappa shape index (κ2) is 9.22. The predicted octanol–water partition coefficient (Wildman–Crippen LogP) is 3.78. The zero-order chi connectivity index (χ0) is 18.6. The summed E-state index contributed by atoms with van der Waals surface area (Å²) in [5.41, 5.74) is 2.58. The fourth-order valence-electron chi connectivity index (χ4n) is 4.03. The van der Waals surface area contributed by atoms with Gasteiger partial charge in [0.2, 0.25) is 5.91 Å². The minimum absolute atomic E-state index is 0. The number of anilines is 1. The van der Waals surface area contributed by atoms with Crippen molar-refractivity contribution in [1.29, 1.82) is 0 Å². The molecule has 4 rings (SSSR count). The molecule has 0 radical (unpaired) electrons. The van der Waals surface area contributed by atoms with Crippen LogP contribution in [-0.4, -0.2) is 35.8 Å². The van der Waals surface area contributed by atoms with E-state index in [-0.39, 0.29) is 36.3 Å². The van der Waals surface area contributed by atoms with E-state index in [4.69, 9.17) is 0 Å². The van der Waals surface area contributed by atoms with Crippen LogP contribution in [0, 0.1) is 0 Å². The number of carbonyl (C=O) groups excluding carboxylic acids is 2. The van der Waals surface area contributed by atoms with Crippen LogP contribution in [0.15, 0.2) is 54.6 Å². The minimum Gasteiger partial charge on any atom is -0.332 e. The smallest absolute Gasteiger partial charge is 0.254 e. The Bertz CT molecular complexity index is 804. The van der Waals surface area contributed by atoms with Crippen molar-refractivity contribution in [3.63, 3.8) is 0 Å². The van der Waals surface area contributed by atoms with Gasteiger partial charge < -0.3 is 15.5 Å². The SMILES string of the molecule is Cl.O=C(Nc1ccc(C(=O)N2CCCC2c2ccccc2)cc1)C1CCCN1. The lowest BCUT2D eigenvalue weighted by atomic mass is 10.0. The van der Waals surface area contributed by atoms with E-state index in [0.29, 0.717) is 5.56 Å². The summed E-state index contributed by atoms with van der Waals surface area (Å²) in [4.78, 5) is 27.2. The van der Waals surface area contributed by atoms with Gasteiger partial charge >= 0.3 is 0 Å². The monoisotopic (exact) mass is 399 g/mol. The second-order valence-corrected chi connectivity index (χ2v) is 7.28. The quantitative estimate of drug-likeness (QED) is 0.822. The van der Waals surface area contributed by atoms with Crippen LogP contribution in [0.3, 0.4) is 0 Å². The molecule has 28 heavy (non-hydrogen) atoms. The summed E-state index contributed by atoms with van der Waals surface area (Å²) in [6.07, 6.45) is 3.92. The van der Waals surface area contributed by atoms with Crippen LogP contribution >= 0.6 is 12.4 Å². The molecule has 0 aliphatic carbocycles. The van der Waals surface area contributed by atoms with Crippen LogP contribution in [-0.2, 0) is 4.79 Å². The van der Waals surface area contributed by atoms with Gasteiger partial charge in [-0.3, -0.25) is 9.59 Å². The molecule has 0 spiro atoms. The van der Waals surface area contributed by atoms with Gasteiger partial charge in [-0.25, -0.2) is 0 Å². The molecule has 148 valence electrons. The molecule has 2 heterocycles. The lowest BCUT2D eigenvalue weighted by molar-refractivity contribution is -0.117. The van der Waals surface area contributed by atoms with E-state index < -0.39 is 0 Å². The minimum atomic E-state index is -0.109. The Morgan fingerprint density at radius 1 is 0.964 bits per heavy atom. The van der Waals surface area contributed by atoms with Crippen molar-refractivity contribution in [3.8, 4) is 0 Å². The molecule has 0 bridgehead atoms. The van der Waals surface area contributed by atoms with Crippen LogP contribution in [0.2, 0.25) is 0 Å². The highest BCUT2D eigenvalue weighted by Gasteiger charge is 2.30. The molecule has 2 aromatic rings. The summed E-state index contributed by atoms with van der Waals surface area (Å²) in [6, 6.07) is 17.5. The summed E-state index contributed by atoms with van der Waals surface area (Å²) in [5, 5.41) is 6.12. The molecule has 0 saturated carbocycles. The first-order chi connectivity index (χ1) is 13.2. The fourth-order valence-corrected chi connectivity index (χ4v) is 4.03. The van der Waals surface area contributed by atoms with Gasteiger partial charge in [-0.15, -0.1) is 12.4 Å². The molecule has 0 aromatic heterocycles. The van der Waals surface area contributed by atoms with Crippen LogP contribution in [0.5, 0.6) is 0 Å². The normalized spacial score (nSPS) is 21.2. The highest BCUT2D eigenvalue weighted by Crippen LogP contribution is 2.33. The molecular formula is C22H26ClN3O2. The van der Waals surface area contributed by atoms with Gasteiger partial charge in [0, 0.05) is 17.8 Å². The Morgan fingerprint density at radius 2 is 1.71 bits per heavy atom. The van der Waals surface area contributed by atoms with Gasteiger partial charge in [-0.05, 0) is 62.1 Å². The van der Waals surface area contributed by atoms with E-state index in [1.165, 1.54) is 5.56 Å². The van der Waals surface area contributed by atoms with Crippen LogP contribution in [0.25, 0.3) is 0 Å². The topological polar surface area (TPSA) is 61.4 Å². The van der Waals surface area contributed by atoms with Gasteiger partial charge in [-0.2, -0.15) is 0 Å². The molecule has 2 unspecified atom stereocenters. The molecule has 2 atom stereocenters. The molecule has 2 aliphatic heterocycles. The largest absolute Gasteiger partial charge is 0.332 e. The molecule has 2 N–H and O–H groups in total. The van der Waals surface area contributed by atoms with Gasteiger partial charge in [0.1, 0.15) is 0 Å². The fraction of sp³-hybridized carbons (Fsp3) is 0.364. The first kappa shape index (κ1) is 20.4. The van der Waals surface area contributed by atoms with Crippen molar-refractivity contribution >= 4 is 29.9 Å². The second-order valence-electron chi connectivity index (χ2n) is 7.28. The summed E-state index contributed by atoms with van der Waals surface area (Å²) >= 11 is 0. The van der Waals surface area contributed by atoms with E-state index in [0.717, 1.165) is 44.5 Å². The van der Waals surface area contributed by atoms with E-state index in [1.54, 1.807) is 12.1 Å². The highest BCUT2D eigenvalue weighted by atomic mass is 35.5. The van der Waals surface area contributed by atoms with E-state index in [1.807, 2.05) is 35.2 Å². The summed E-state index contributed by atoms with van der Waals surface area (Å²) < 4.78 is 0. The predicted molar refractivity (Wildman–Crippen MR) is 113 cm³/mol. The average Bonchev–Trinajstić information content (AvgIpc) is 3.41. The summed E-state index contributed by atoms with van der Waals surface area (Å²) in [6.45, 7) is 1.67. The number of amides is 2. The number of carbonyl (C=O) groups is 2. The number of rotatable bonds is 4. The van der Waals surface area contributed by atoms with E-state index >= 15 is 0 Å². The number of hydrogen-bond acceptors (Lipinski definition) is 3. The van der Waals surface area contributed by atoms with Crippen molar-refractivity contribution in [1.82, 2.24) is 10.2 Å². The van der Waals surface area contributed by atoms with Gasteiger partial charge in [0.15, 0.2) is 0 Å². The Morgan fingerprint density at radius 3 is 2.39 bits per heavy atom. The Hall–Kier alpha value is -2.37. The Kier molecular flexibility index (Phi) is 6.70. The van der Waals surface area contributed by atoms with Crippen LogP contribution in [0.1, 0.15) is 47.6 Å². The van der Waals surface area contributed by atoms with E-state index in [2.05, 4.69) is 22.8 Å². The summed E-state index contributed by atoms with van der Waals surface area (Å²) in [7, 11) is 0. The number of halogens is 1. The molecule has 6 heteroatoms.